The van der Waals surface area contributed by atoms with Crippen molar-refractivity contribution < 1.29 is 29.9 Å². The average Bonchev–Trinajstić information content (AvgIpc) is 2.08. The average molecular weight is 182 g/mol. The van der Waals surface area contributed by atoms with Gasteiger partial charge in [-0.15, -0.1) is 0 Å². The zero-order valence-corrected chi connectivity index (χ0v) is 6.08. The number of halogens is 1. The van der Waals surface area contributed by atoms with Gasteiger partial charge in [-0.2, -0.15) is 0 Å². The first-order valence-corrected chi connectivity index (χ1v) is 3.51. The molecule has 5 nitrogen and oxygen atoms in total. The number of aliphatic hydroxyl groups is 5. The third-order valence-corrected chi connectivity index (χ3v) is 2.05. The smallest absolute Gasteiger partial charge is 0.157 e. The Morgan fingerprint density at radius 1 is 0.583 bits per heavy atom. The highest BCUT2D eigenvalue weighted by molar-refractivity contribution is 4.98. The van der Waals surface area contributed by atoms with E-state index in [1.165, 1.54) is 0 Å². The maximum atomic E-state index is 12.7. The summed E-state index contributed by atoms with van der Waals surface area (Å²) in [5.41, 5.74) is 0. The van der Waals surface area contributed by atoms with Crippen molar-refractivity contribution in [2.75, 3.05) is 0 Å². The van der Waals surface area contributed by atoms with Gasteiger partial charge < -0.3 is 25.5 Å². The predicted molar refractivity (Wildman–Crippen MR) is 34.9 cm³/mol. The molecule has 0 aliphatic heterocycles. The van der Waals surface area contributed by atoms with Gasteiger partial charge in [-0.1, -0.05) is 0 Å². The highest BCUT2D eigenvalue weighted by atomic mass is 19.1. The fraction of sp³-hybridized carbons (Fsp3) is 1.00. The zero-order valence-electron chi connectivity index (χ0n) is 6.08. The molecule has 0 aromatic carbocycles. The van der Waals surface area contributed by atoms with Crippen LogP contribution in [0.3, 0.4) is 0 Å². The molecule has 0 saturated heterocycles. The van der Waals surface area contributed by atoms with E-state index in [2.05, 4.69) is 0 Å². The first-order chi connectivity index (χ1) is 5.46. The summed E-state index contributed by atoms with van der Waals surface area (Å²) >= 11 is 0. The van der Waals surface area contributed by atoms with Gasteiger partial charge in [0.05, 0.1) is 0 Å². The van der Waals surface area contributed by atoms with E-state index in [1.807, 2.05) is 0 Å². The van der Waals surface area contributed by atoms with E-state index < -0.39 is 36.7 Å². The maximum Gasteiger partial charge on any atom is 0.157 e. The molecule has 12 heavy (non-hydrogen) atoms. The Hall–Kier alpha value is -0.270. The standard InChI is InChI=1S/C6H11FO5/c7-1-2(8)4(10)6(12)5(11)3(1)9/h1-6,8-12H/t1?,2-,3+,4-,5-,6?/m0/s1. The van der Waals surface area contributed by atoms with Crippen molar-refractivity contribution in [1.82, 2.24) is 0 Å². The highest BCUT2D eigenvalue weighted by Crippen LogP contribution is 2.23. The van der Waals surface area contributed by atoms with Crippen molar-refractivity contribution in [3.05, 3.63) is 0 Å². The van der Waals surface area contributed by atoms with Crippen molar-refractivity contribution in [3.63, 3.8) is 0 Å². The molecule has 1 fully saturated rings. The molecule has 2 unspecified atom stereocenters. The Balaban J connectivity index is 2.76. The van der Waals surface area contributed by atoms with Crippen molar-refractivity contribution >= 4 is 0 Å². The molecule has 1 aliphatic rings. The summed E-state index contributed by atoms with van der Waals surface area (Å²) < 4.78 is 12.7. The Morgan fingerprint density at radius 3 is 1.17 bits per heavy atom. The van der Waals surface area contributed by atoms with Gasteiger partial charge in [-0.3, -0.25) is 0 Å². The van der Waals surface area contributed by atoms with Gasteiger partial charge in [-0.25, -0.2) is 4.39 Å². The topological polar surface area (TPSA) is 101 Å². The largest absolute Gasteiger partial charge is 0.387 e. The first-order valence-electron chi connectivity index (χ1n) is 3.51. The maximum absolute atomic E-state index is 12.7. The lowest BCUT2D eigenvalue weighted by Gasteiger charge is -2.38. The van der Waals surface area contributed by atoms with Gasteiger partial charge in [0.25, 0.3) is 0 Å². The minimum Gasteiger partial charge on any atom is -0.387 e. The molecule has 0 amide bonds. The molecule has 1 rings (SSSR count). The Bertz CT molecular complexity index is 107. The third-order valence-electron chi connectivity index (χ3n) is 2.05. The molecular formula is C6H11FO5. The number of rotatable bonds is 0. The SMILES string of the molecule is OC1[C@@H](O)[C@H](O)C(F)[C@H](O)[C@@H]1O. The molecule has 0 aromatic heterocycles. The normalized spacial score (nSPS) is 55.5. The number of alkyl halides is 1. The quantitative estimate of drug-likeness (QED) is 0.277. The molecule has 0 radical (unpaired) electrons. The van der Waals surface area contributed by atoms with Gasteiger partial charge in [0.1, 0.15) is 30.5 Å². The summed E-state index contributed by atoms with van der Waals surface area (Å²) in [5, 5.41) is 44.4. The second-order valence-corrected chi connectivity index (χ2v) is 2.90. The monoisotopic (exact) mass is 182 g/mol. The van der Waals surface area contributed by atoms with E-state index in [0.29, 0.717) is 0 Å². The van der Waals surface area contributed by atoms with E-state index in [0.717, 1.165) is 0 Å². The molecular weight excluding hydrogens is 171 g/mol. The molecule has 6 heteroatoms. The molecule has 0 aromatic rings. The molecule has 72 valence electrons. The molecule has 6 atom stereocenters. The van der Waals surface area contributed by atoms with Crippen LogP contribution >= 0.6 is 0 Å². The van der Waals surface area contributed by atoms with E-state index in [4.69, 9.17) is 25.5 Å². The second kappa shape index (κ2) is 3.23. The number of hydrogen-bond acceptors (Lipinski definition) is 5. The molecule has 0 spiro atoms. The Kier molecular flexibility index (Phi) is 2.64. The van der Waals surface area contributed by atoms with Crippen LogP contribution in [-0.2, 0) is 0 Å². The van der Waals surface area contributed by atoms with Crippen LogP contribution < -0.4 is 0 Å². The Morgan fingerprint density at radius 2 is 0.833 bits per heavy atom. The van der Waals surface area contributed by atoms with Crippen LogP contribution in [0.15, 0.2) is 0 Å². The summed E-state index contributed by atoms with van der Waals surface area (Å²) in [6.45, 7) is 0. The third kappa shape index (κ3) is 1.32. The van der Waals surface area contributed by atoms with Crippen molar-refractivity contribution in [2.45, 2.75) is 36.7 Å². The van der Waals surface area contributed by atoms with Crippen LogP contribution in [0.4, 0.5) is 4.39 Å². The molecule has 1 aliphatic carbocycles. The lowest BCUT2D eigenvalue weighted by atomic mass is 9.86. The summed E-state index contributed by atoms with van der Waals surface area (Å²) in [6.07, 6.45) is -11.1. The van der Waals surface area contributed by atoms with E-state index in [1.54, 1.807) is 0 Å². The summed E-state index contributed by atoms with van der Waals surface area (Å²) in [5.74, 6) is 0. The lowest BCUT2D eigenvalue weighted by molar-refractivity contribution is -0.206. The molecule has 1 saturated carbocycles. The van der Waals surface area contributed by atoms with Gasteiger partial charge in [0.2, 0.25) is 0 Å². The summed E-state index contributed by atoms with van der Waals surface area (Å²) in [6, 6.07) is 0. The predicted octanol–water partition coefficient (Wildman–Crippen LogP) is -2.86. The fourth-order valence-corrected chi connectivity index (χ4v) is 1.18. The van der Waals surface area contributed by atoms with E-state index in [9.17, 15) is 4.39 Å². The summed E-state index contributed by atoms with van der Waals surface area (Å²) in [4.78, 5) is 0. The van der Waals surface area contributed by atoms with Crippen LogP contribution in [0.5, 0.6) is 0 Å². The second-order valence-electron chi connectivity index (χ2n) is 2.90. The summed E-state index contributed by atoms with van der Waals surface area (Å²) in [7, 11) is 0. The number of hydrogen-bond donors (Lipinski definition) is 5. The van der Waals surface area contributed by atoms with Crippen molar-refractivity contribution in [3.8, 4) is 0 Å². The number of aliphatic hydroxyl groups excluding tert-OH is 5. The fourth-order valence-electron chi connectivity index (χ4n) is 1.18. The van der Waals surface area contributed by atoms with Crippen LogP contribution in [0.25, 0.3) is 0 Å². The van der Waals surface area contributed by atoms with Gasteiger partial charge in [-0.05, 0) is 0 Å². The first kappa shape index (κ1) is 9.82. The van der Waals surface area contributed by atoms with Crippen LogP contribution in [-0.4, -0.2) is 62.2 Å². The van der Waals surface area contributed by atoms with Gasteiger partial charge in [0.15, 0.2) is 6.17 Å². The Labute approximate surface area is 67.7 Å². The minimum absolute atomic E-state index is 1.72. The zero-order chi connectivity index (χ0) is 9.46. The van der Waals surface area contributed by atoms with Crippen molar-refractivity contribution in [1.29, 1.82) is 0 Å². The van der Waals surface area contributed by atoms with Crippen LogP contribution in [0.1, 0.15) is 0 Å². The van der Waals surface area contributed by atoms with Gasteiger partial charge >= 0.3 is 0 Å². The van der Waals surface area contributed by atoms with Crippen molar-refractivity contribution in [2.24, 2.45) is 0 Å². The lowest BCUT2D eigenvalue weighted by Crippen LogP contribution is -2.62. The molecule has 0 heterocycles. The molecule has 0 bridgehead atoms. The minimum atomic E-state index is -2.14. The van der Waals surface area contributed by atoms with Gasteiger partial charge in [0, 0.05) is 0 Å². The van der Waals surface area contributed by atoms with E-state index >= 15 is 0 Å². The molecule has 5 N–H and O–H groups in total. The van der Waals surface area contributed by atoms with E-state index in [-0.39, 0.29) is 0 Å². The van der Waals surface area contributed by atoms with Crippen LogP contribution in [0.2, 0.25) is 0 Å². The van der Waals surface area contributed by atoms with Crippen LogP contribution in [0, 0.1) is 0 Å². The highest BCUT2D eigenvalue weighted by Gasteiger charge is 2.48.